The summed E-state index contributed by atoms with van der Waals surface area (Å²) < 4.78 is 18.9. The number of aryl methyl sites for hydroxylation is 1. The molecule has 3 atom stereocenters. The number of likely N-dealkylation sites (tertiary alicyclic amines) is 1. The van der Waals surface area contributed by atoms with Crippen molar-refractivity contribution in [1.29, 1.82) is 0 Å². The molecule has 388 valence electrons. The van der Waals surface area contributed by atoms with Gasteiger partial charge in [0.25, 0.3) is 0 Å². The number of β-amino-alcohol motifs (C(OH)–C–C–N with tert-alkyl or cyclic N) is 1. The van der Waals surface area contributed by atoms with Gasteiger partial charge in [-0.2, -0.15) is 0 Å². The SMILES string of the molecule is COc1cc(N2CCC(NCCCCCCCCC[C@H](C(=O)N3C[C@H](O)C[C@H]3C(=O)NCc3ccc(-c4scnc4C)cc3)C(C)(C)C)CC2)ccc1Cc1ncc(Cl)c(Cc2ccccc2P(C)(C)=O)n1. The van der Waals surface area contributed by atoms with Gasteiger partial charge in [0.15, 0.2) is 0 Å². The van der Waals surface area contributed by atoms with Crippen LogP contribution in [0.4, 0.5) is 5.69 Å². The van der Waals surface area contributed by atoms with Crippen LogP contribution in [-0.4, -0.2) is 102 Å². The first-order chi connectivity index (χ1) is 34.5. The molecule has 2 amide bonds. The second-order valence-corrected chi connectivity index (χ2v) is 25.8. The van der Waals surface area contributed by atoms with Gasteiger partial charge in [0.2, 0.25) is 11.8 Å². The Morgan fingerprint density at radius 3 is 2.32 bits per heavy atom. The van der Waals surface area contributed by atoms with Gasteiger partial charge < -0.3 is 34.8 Å². The summed E-state index contributed by atoms with van der Waals surface area (Å²) >= 11 is 8.20. The molecule has 2 aliphatic rings. The highest BCUT2D eigenvalue weighted by Gasteiger charge is 2.43. The number of nitrogens with zero attached hydrogens (tertiary/aromatic N) is 5. The van der Waals surface area contributed by atoms with Crippen LogP contribution < -0.4 is 25.6 Å². The van der Waals surface area contributed by atoms with Crippen molar-refractivity contribution in [1.82, 2.24) is 30.5 Å². The zero-order valence-electron chi connectivity index (χ0n) is 43.6. The number of ether oxygens (including phenoxy) is 1. The Bertz CT molecular complexity index is 2630. The molecule has 3 N–H and O–H groups in total. The fourth-order valence-corrected chi connectivity index (χ4v) is 12.6. The molecule has 0 spiro atoms. The molecular weight excluding hydrogens is 961 g/mol. The predicted molar refractivity (Wildman–Crippen MR) is 295 cm³/mol. The monoisotopic (exact) mass is 1040 g/mol. The Labute approximate surface area is 437 Å². The van der Waals surface area contributed by atoms with Crippen LogP contribution in [0.3, 0.4) is 0 Å². The zero-order chi connectivity index (χ0) is 51.4. The summed E-state index contributed by atoms with van der Waals surface area (Å²) in [7, 11) is -0.760. The molecule has 2 saturated heterocycles. The van der Waals surface area contributed by atoms with Crippen LogP contribution in [0.5, 0.6) is 5.75 Å². The maximum atomic E-state index is 14.1. The summed E-state index contributed by atoms with van der Waals surface area (Å²) in [6.07, 6.45) is 13.1. The zero-order valence-corrected chi connectivity index (χ0v) is 46.1. The maximum absolute atomic E-state index is 14.1. The van der Waals surface area contributed by atoms with Gasteiger partial charge in [-0.05, 0) is 80.7 Å². The maximum Gasteiger partial charge on any atom is 0.243 e. The number of aromatic nitrogens is 3. The number of aliphatic hydroxyl groups excluding tert-OH is 1. The number of rotatable bonds is 23. The lowest BCUT2D eigenvalue weighted by atomic mass is 9.76. The number of hydrogen-bond donors (Lipinski definition) is 3. The van der Waals surface area contributed by atoms with Gasteiger partial charge in [-0.15, -0.1) is 11.3 Å². The van der Waals surface area contributed by atoms with Gasteiger partial charge in [0, 0.05) is 86.2 Å². The van der Waals surface area contributed by atoms with E-state index >= 15 is 0 Å². The van der Waals surface area contributed by atoms with Crippen LogP contribution in [0, 0.1) is 18.3 Å². The Kier molecular flexibility index (Phi) is 19.5. The number of methoxy groups -OCH3 is 1. The van der Waals surface area contributed by atoms with Crippen LogP contribution in [0.1, 0.15) is 125 Å². The largest absolute Gasteiger partial charge is 0.496 e. The highest BCUT2D eigenvalue weighted by Crippen LogP contribution is 2.38. The minimum atomic E-state index is -2.47. The van der Waals surface area contributed by atoms with Gasteiger partial charge >= 0.3 is 0 Å². The summed E-state index contributed by atoms with van der Waals surface area (Å²) in [5, 5.41) is 18.9. The average molecular weight is 1040 g/mol. The smallest absolute Gasteiger partial charge is 0.243 e. The predicted octanol–water partition coefficient (Wildman–Crippen LogP) is 10.6. The summed E-state index contributed by atoms with van der Waals surface area (Å²) in [6.45, 7) is 15.5. The molecule has 0 radical (unpaired) electrons. The third kappa shape index (κ3) is 15.0. The first-order valence-corrected chi connectivity index (χ1v) is 29.9. The third-order valence-corrected chi connectivity index (χ3v) is 17.4. The topological polar surface area (TPSA) is 150 Å². The molecule has 2 fully saturated rings. The van der Waals surface area contributed by atoms with Crippen molar-refractivity contribution in [3.05, 3.63) is 117 Å². The number of benzene rings is 3. The number of piperidine rings is 1. The minimum absolute atomic E-state index is 0.0183. The summed E-state index contributed by atoms with van der Waals surface area (Å²) in [5.74, 6) is 1.02. The Morgan fingerprint density at radius 2 is 1.64 bits per heavy atom. The van der Waals surface area contributed by atoms with Gasteiger partial charge in [-0.25, -0.2) is 15.0 Å². The van der Waals surface area contributed by atoms with Gasteiger partial charge in [-0.1, -0.05) is 125 Å². The van der Waals surface area contributed by atoms with Crippen molar-refractivity contribution < 1.29 is 24.0 Å². The van der Waals surface area contributed by atoms with Crippen molar-refractivity contribution in [3.8, 4) is 16.2 Å². The fraction of sp³-hybridized carbons (Fsp3) is 0.526. The normalized spacial score (nSPS) is 17.1. The molecule has 5 aromatic rings. The van der Waals surface area contributed by atoms with Crippen molar-refractivity contribution in [2.45, 2.75) is 136 Å². The van der Waals surface area contributed by atoms with Crippen molar-refractivity contribution in [2.75, 3.05) is 51.5 Å². The molecule has 0 unspecified atom stereocenters. The molecular formula is C57H77ClN7O5PS. The molecule has 12 nitrogen and oxygen atoms in total. The number of thiazole rings is 1. The van der Waals surface area contributed by atoms with E-state index in [0.29, 0.717) is 36.3 Å². The molecule has 4 heterocycles. The second kappa shape index (κ2) is 25.5. The molecule has 2 aliphatic heterocycles. The van der Waals surface area contributed by atoms with Gasteiger partial charge in [-0.3, -0.25) is 9.59 Å². The summed E-state index contributed by atoms with van der Waals surface area (Å²) in [4.78, 5) is 46.6. The number of amides is 2. The van der Waals surface area contributed by atoms with E-state index in [1.54, 1.807) is 42.9 Å². The number of nitrogens with one attached hydrogen (secondary N) is 2. The van der Waals surface area contributed by atoms with Crippen LogP contribution >= 0.6 is 30.1 Å². The molecule has 0 aliphatic carbocycles. The number of unbranched alkanes of at least 4 members (excludes halogenated alkanes) is 6. The first-order valence-electron chi connectivity index (χ1n) is 26.0. The number of carbonyl (C=O) groups excluding carboxylic acids is 2. The Hall–Kier alpha value is -4.65. The van der Waals surface area contributed by atoms with Crippen LogP contribution in [0.2, 0.25) is 5.02 Å². The molecule has 0 saturated carbocycles. The van der Waals surface area contributed by atoms with E-state index in [1.165, 1.54) is 25.7 Å². The molecule has 3 aromatic carbocycles. The summed E-state index contributed by atoms with van der Waals surface area (Å²) in [5.41, 5.74) is 8.52. The molecule has 72 heavy (non-hydrogen) atoms. The van der Waals surface area contributed by atoms with E-state index in [0.717, 1.165) is 113 Å². The van der Waals surface area contributed by atoms with Crippen LogP contribution in [0.15, 0.2) is 78.4 Å². The number of anilines is 1. The lowest BCUT2D eigenvalue weighted by Gasteiger charge is -2.35. The lowest BCUT2D eigenvalue weighted by molar-refractivity contribution is -0.145. The number of aliphatic hydroxyl groups is 1. The average Bonchev–Trinajstić information content (AvgIpc) is 3.98. The molecule has 0 bridgehead atoms. The van der Waals surface area contributed by atoms with E-state index < -0.39 is 19.3 Å². The highest BCUT2D eigenvalue weighted by molar-refractivity contribution is 7.70. The third-order valence-electron chi connectivity index (χ3n) is 14.5. The van der Waals surface area contributed by atoms with E-state index in [-0.39, 0.29) is 36.1 Å². The van der Waals surface area contributed by atoms with E-state index in [1.807, 2.05) is 48.8 Å². The van der Waals surface area contributed by atoms with E-state index in [9.17, 15) is 19.3 Å². The van der Waals surface area contributed by atoms with Crippen LogP contribution in [0.25, 0.3) is 10.4 Å². The Morgan fingerprint density at radius 1 is 0.931 bits per heavy atom. The summed E-state index contributed by atoms with van der Waals surface area (Å²) in [6, 6.07) is 22.2. The van der Waals surface area contributed by atoms with Crippen LogP contribution in [-0.2, 0) is 33.5 Å². The first kappa shape index (κ1) is 55.1. The second-order valence-electron chi connectivity index (χ2n) is 21.4. The Balaban J connectivity index is 0.774. The van der Waals surface area contributed by atoms with Crippen molar-refractivity contribution in [3.63, 3.8) is 0 Å². The lowest BCUT2D eigenvalue weighted by Crippen LogP contribution is -2.49. The number of halogens is 1. The molecule has 2 aromatic heterocycles. The van der Waals surface area contributed by atoms with E-state index in [2.05, 4.69) is 76.6 Å². The molecule has 7 rings (SSSR count). The van der Waals surface area contributed by atoms with Gasteiger partial charge in [0.1, 0.15) is 24.8 Å². The molecule has 15 heteroatoms. The number of hydrogen-bond acceptors (Lipinski definition) is 11. The van der Waals surface area contributed by atoms with Crippen molar-refractivity contribution in [2.24, 2.45) is 11.3 Å². The fourth-order valence-electron chi connectivity index (χ4n) is 10.4. The minimum Gasteiger partial charge on any atom is -0.496 e. The number of carbonyl (C=O) groups is 2. The highest BCUT2D eigenvalue weighted by atomic mass is 35.5. The van der Waals surface area contributed by atoms with E-state index in [4.69, 9.17) is 21.3 Å². The van der Waals surface area contributed by atoms with Gasteiger partial charge in [0.05, 0.1) is 40.0 Å². The van der Waals surface area contributed by atoms with Crippen molar-refractivity contribution >= 4 is 52.9 Å². The quantitative estimate of drug-likeness (QED) is 0.0426. The standard InChI is InChI=1S/C57H77ClN7O5PS/c1-39-54(72-38-62-39)41-22-20-40(21-23-41)35-61-55(67)50-34-46(66)37-65(50)56(68)47(57(2,3)4)18-13-11-9-8-10-12-16-28-59-44-26-29-64(30-27-44)45-25-24-42(51(33-45)70-5)32-53-60-36-48(58)49(63-53)31-43-17-14-15-19-52(43)71(6,7)69/h14-15,17,19-25,33,36,38,44,46-47,50,59,66H,8-13,16,18,26-32,34-35,37H2,1-7H3,(H,61,67)/t46-,47-,50+/m1/s1.